The number of carboxylic acids is 1. The minimum Gasteiger partial charge on any atom is -0.480 e. The Balaban J connectivity index is 5.28. The number of hydrogen-bond donors (Lipinski definition) is 7. The number of aliphatic carboxylic acids is 1. The van der Waals surface area contributed by atoms with Crippen molar-refractivity contribution in [2.45, 2.75) is 63.9 Å². The van der Waals surface area contributed by atoms with Crippen LogP contribution in [0.3, 0.4) is 0 Å². The van der Waals surface area contributed by atoms with Crippen LogP contribution in [-0.2, 0) is 19.2 Å². The monoisotopic (exact) mass is 450 g/mol. The number of aliphatic hydroxyl groups excluding tert-OH is 2. The molecule has 8 N–H and O–H groups in total. The van der Waals surface area contributed by atoms with Crippen LogP contribution in [0.1, 0.15) is 33.6 Å². The standard InChI is InChI=1S/C18H34N4O7S/c1-5-9(2)14(18(28)29)22-15(25)11(6-7-30-4)20-16(26)12(8-23)21-17(27)13(19)10(3)24/h9-14,23-24H,5-8,19H2,1-4H3,(H,20,26)(H,21,27)(H,22,25)(H,28,29). The Morgan fingerprint density at radius 2 is 1.53 bits per heavy atom. The molecule has 3 amide bonds. The Morgan fingerprint density at radius 3 is 1.97 bits per heavy atom. The molecule has 174 valence electrons. The third-order valence-corrected chi connectivity index (χ3v) is 5.30. The number of nitrogens with two attached hydrogens (primary N) is 1. The molecule has 0 rings (SSSR count). The van der Waals surface area contributed by atoms with Gasteiger partial charge in [-0.25, -0.2) is 4.79 Å². The second-order valence-electron chi connectivity index (χ2n) is 7.06. The fourth-order valence-corrected chi connectivity index (χ4v) is 2.87. The van der Waals surface area contributed by atoms with Crippen molar-refractivity contribution < 1.29 is 34.5 Å². The number of carbonyl (C=O) groups excluding carboxylic acids is 3. The molecular weight excluding hydrogens is 416 g/mol. The Labute approximate surface area is 180 Å². The van der Waals surface area contributed by atoms with Gasteiger partial charge in [-0.2, -0.15) is 11.8 Å². The lowest BCUT2D eigenvalue weighted by Crippen LogP contribution is -2.59. The zero-order chi connectivity index (χ0) is 23.4. The highest BCUT2D eigenvalue weighted by Gasteiger charge is 2.31. The summed E-state index contributed by atoms with van der Waals surface area (Å²) in [6.07, 6.45) is 1.39. The number of amides is 3. The van der Waals surface area contributed by atoms with Crippen LogP contribution in [0.5, 0.6) is 0 Å². The SMILES string of the molecule is CCC(C)C(NC(=O)C(CCSC)NC(=O)C(CO)NC(=O)C(N)C(C)O)C(=O)O. The van der Waals surface area contributed by atoms with E-state index in [1.807, 2.05) is 6.26 Å². The van der Waals surface area contributed by atoms with E-state index in [0.29, 0.717) is 12.2 Å². The molecule has 0 saturated carbocycles. The molecule has 0 aromatic heterocycles. The lowest BCUT2D eigenvalue weighted by Gasteiger charge is -2.26. The van der Waals surface area contributed by atoms with E-state index >= 15 is 0 Å². The summed E-state index contributed by atoms with van der Waals surface area (Å²) in [6.45, 7) is 4.03. The summed E-state index contributed by atoms with van der Waals surface area (Å²) in [5, 5.41) is 35.3. The van der Waals surface area contributed by atoms with Gasteiger partial charge in [-0.05, 0) is 31.3 Å². The molecule has 0 spiro atoms. The van der Waals surface area contributed by atoms with Crippen molar-refractivity contribution in [3.63, 3.8) is 0 Å². The second-order valence-corrected chi connectivity index (χ2v) is 8.05. The minimum absolute atomic E-state index is 0.213. The maximum atomic E-state index is 12.6. The van der Waals surface area contributed by atoms with Crippen LogP contribution in [0.25, 0.3) is 0 Å². The summed E-state index contributed by atoms with van der Waals surface area (Å²) in [5.74, 6) is -3.35. The van der Waals surface area contributed by atoms with Crippen molar-refractivity contribution in [3.8, 4) is 0 Å². The van der Waals surface area contributed by atoms with Gasteiger partial charge in [0.05, 0.1) is 12.7 Å². The zero-order valence-electron chi connectivity index (χ0n) is 17.8. The topological polar surface area (TPSA) is 191 Å². The summed E-state index contributed by atoms with van der Waals surface area (Å²) in [7, 11) is 0. The van der Waals surface area contributed by atoms with Crippen LogP contribution in [0, 0.1) is 5.92 Å². The first kappa shape index (κ1) is 28.1. The number of nitrogens with one attached hydrogen (secondary N) is 3. The highest BCUT2D eigenvalue weighted by atomic mass is 32.2. The molecule has 0 radical (unpaired) electrons. The Kier molecular flexibility index (Phi) is 13.3. The minimum atomic E-state index is -1.39. The van der Waals surface area contributed by atoms with Gasteiger partial charge in [0, 0.05) is 0 Å². The van der Waals surface area contributed by atoms with Crippen molar-refractivity contribution in [1.82, 2.24) is 16.0 Å². The molecule has 12 heteroatoms. The summed E-state index contributed by atoms with van der Waals surface area (Å²) >= 11 is 1.43. The van der Waals surface area contributed by atoms with E-state index in [4.69, 9.17) is 5.73 Å². The second kappa shape index (κ2) is 14.2. The number of hydrogen-bond acceptors (Lipinski definition) is 8. The molecule has 0 aliphatic carbocycles. The van der Waals surface area contributed by atoms with E-state index < -0.39 is 60.6 Å². The first-order valence-electron chi connectivity index (χ1n) is 9.67. The Hall–Kier alpha value is -1.89. The average Bonchev–Trinajstić information content (AvgIpc) is 2.70. The molecule has 0 aliphatic heterocycles. The molecule has 0 aromatic rings. The number of carboxylic acid groups (broad SMARTS) is 1. The van der Waals surface area contributed by atoms with Crippen molar-refractivity contribution in [2.24, 2.45) is 11.7 Å². The molecule has 0 fully saturated rings. The molecule has 30 heavy (non-hydrogen) atoms. The average molecular weight is 451 g/mol. The van der Waals surface area contributed by atoms with Gasteiger partial charge in [0.2, 0.25) is 17.7 Å². The summed E-state index contributed by atoms with van der Waals surface area (Å²) in [5.41, 5.74) is 5.51. The van der Waals surface area contributed by atoms with Crippen LogP contribution in [0.4, 0.5) is 0 Å². The van der Waals surface area contributed by atoms with Gasteiger partial charge in [0.1, 0.15) is 24.2 Å². The fourth-order valence-electron chi connectivity index (χ4n) is 2.39. The molecule has 11 nitrogen and oxygen atoms in total. The normalized spacial score (nSPS) is 17.0. The Morgan fingerprint density at radius 1 is 1.00 bits per heavy atom. The molecule has 0 heterocycles. The maximum Gasteiger partial charge on any atom is 0.326 e. The van der Waals surface area contributed by atoms with E-state index in [9.17, 15) is 34.5 Å². The highest BCUT2D eigenvalue weighted by molar-refractivity contribution is 7.98. The predicted molar refractivity (Wildman–Crippen MR) is 113 cm³/mol. The number of thioether (sulfide) groups is 1. The highest BCUT2D eigenvalue weighted by Crippen LogP contribution is 2.09. The third kappa shape index (κ3) is 9.28. The largest absolute Gasteiger partial charge is 0.480 e. The lowest BCUT2D eigenvalue weighted by atomic mass is 9.98. The van der Waals surface area contributed by atoms with Crippen molar-refractivity contribution in [1.29, 1.82) is 0 Å². The molecule has 0 aromatic carbocycles. The molecular formula is C18H34N4O7S. The smallest absolute Gasteiger partial charge is 0.326 e. The predicted octanol–water partition coefficient (Wildman–Crippen LogP) is -1.97. The molecule has 0 aliphatic rings. The van der Waals surface area contributed by atoms with Crippen LogP contribution < -0.4 is 21.7 Å². The van der Waals surface area contributed by atoms with E-state index in [2.05, 4.69) is 16.0 Å². The van der Waals surface area contributed by atoms with E-state index in [1.165, 1.54) is 18.7 Å². The van der Waals surface area contributed by atoms with Gasteiger partial charge in [-0.3, -0.25) is 14.4 Å². The van der Waals surface area contributed by atoms with Crippen molar-refractivity contribution >= 4 is 35.5 Å². The number of rotatable bonds is 14. The van der Waals surface area contributed by atoms with E-state index in [-0.39, 0.29) is 12.3 Å². The van der Waals surface area contributed by atoms with E-state index in [0.717, 1.165) is 0 Å². The maximum absolute atomic E-state index is 12.6. The molecule has 0 saturated heterocycles. The molecule has 6 unspecified atom stereocenters. The fraction of sp³-hybridized carbons (Fsp3) is 0.778. The number of aliphatic hydroxyl groups is 2. The van der Waals surface area contributed by atoms with Crippen LogP contribution in [-0.4, -0.2) is 87.9 Å². The summed E-state index contributed by atoms with van der Waals surface area (Å²) in [6, 6.07) is -4.87. The van der Waals surface area contributed by atoms with Crippen LogP contribution in [0.15, 0.2) is 0 Å². The first-order valence-corrected chi connectivity index (χ1v) is 11.1. The number of carbonyl (C=O) groups is 4. The lowest BCUT2D eigenvalue weighted by molar-refractivity contribution is -0.144. The van der Waals surface area contributed by atoms with Gasteiger partial charge >= 0.3 is 5.97 Å². The van der Waals surface area contributed by atoms with Gasteiger partial charge < -0.3 is 37.0 Å². The van der Waals surface area contributed by atoms with Crippen LogP contribution >= 0.6 is 11.8 Å². The zero-order valence-corrected chi connectivity index (χ0v) is 18.6. The van der Waals surface area contributed by atoms with Gasteiger partial charge in [-0.15, -0.1) is 0 Å². The van der Waals surface area contributed by atoms with Crippen molar-refractivity contribution in [3.05, 3.63) is 0 Å². The van der Waals surface area contributed by atoms with Gasteiger partial charge in [0.15, 0.2) is 0 Å². The quantitative estimate of drug-likeness (QED) is 0.157. The van der Waals surface area contributed by atoms with Crippen LogP contribution in [0.2, 0.25) is 0 Å². The summed E-state index contributed by atoms with van der Waals surface area (Å²) < 4.78 is 0. The van der Waals surface area contributed by atoms with E-state index in [1.54, 1.807) is 13.8 Å². The summed E-state index contributed by atoms with van der Waals surface area (Å²) in [4.78, 5) is 48.6. The van der Waals surface area contributed by atoms with Gasteiger partial charge in [-0.1, -0.05) is 20.3 Å². The molecule has 0 bridgehead atoms. The first-order chi connectivity index (χ1) is 14.0. The van der Waals surface area contributed by atoms with Gasteiger partial charge in [0.25, 0.3) is 0 Å². The van der Waals surface area contributed by atoms with Crippen molar-refractivity contribution in [2.75, 3.05) is 18.6 Å². The Bertz CT molecular complexity index is 591. The molecule has 6 atom stereocenters. The third-order valence-electron chi connectivity index (χ3n) is 4.66.